The summed E-state index contributed by atoms with van der Waals surface area (Å²) in [7, 11) is 0. The summed E-state index contributed by atoms with van der Waals surface area (Å²) in [5.74, 6) is -0.847. The highest BCUT2D eigenvalue weighted by molar-refractivity contribution is 7.10. The van der Waals surface area contributed by atoms with Crippen molar-refractivity contribution in [2.75, 3.05) is 6.54 Å². The maximum Gasteiger partial charge on any atom is 0.303 e. The number of rotatable bonds is 7. The molecule has 0 saturated carbocycles. The van der Waals surface area contributed by atoms with Crippen LogP contribution in [0.3, 0.4) is 0 Å². The average Bonchev–Trinajstić information content (AvgIpc) is 2.76. The summed E-state index contributed by atoms with van der Waals surface area (Å²) >= 11 is 1.55. The van der Waals surface area contributed by atoms with E-state index in [0.717, 1.165) is 11.3 Å². The normalized spacial score (nSPS) is 12.1. The Bertz CT molecular complexity index is 362. The van der Waals surface area contributed by atoms with Crippen LogP contribution in [0.25, 0.3) is 0 Å². The molecule has 94 valence electrons. The van der Waals surface area contributed by atoms with Crippen molar-refractivity contribution < 1.29 is 14.7 Å². The van der Waals surface area contributed by atoms with Crippen LogP contribution in [0.4, 0.5) is 0 Å². The number of thiophene rings is 1. The van der Waals surface area contributed by atoms with Crippen molar-refractivity contribution in [3.05, 3.63) is 22.4 Å². The molecule has 1 rings (SSSR count). The van der Waals surface area contributed by atoms with Crippen molar-refractivity contribution >= 4 is 23.2 Å². The van der Waals surface area contributed by atoms with Crippen molar-refractivity contribution in [1.29, 1.82) is 0 Å². The largest absolute Gasteiger partial charge is 0.481 e. The van der Waals surface area contributed by atoms with E-state index in [1.54, 1.807) is 11.3 Å². The number of hydrogen-bond acceptors (Lipinski definition) is 3. The summed E-state index contributed by atoms with van der Waals surface area (Å²) in [6.07, 6.45) is 1.24. The second kappa shape index (κ2) is 7.06. The van der Waals surface area contributed by atoms with Gasteiger partial charge in [0.2, 0.25) is 5.91 Å². The van der Waals surface area contributed by atoms with E-state index in [-0.39, 0.29) is 18.2 Å². The molecule has 0 saturated heterocycles. The molecule has 1 amide bonds. The molecule has 1 unspecified atom stereocenters. The van der Waals surface area contributed by atoms with E-state index in [2.05, 4.69) is 5.32 Å². The van der Waals surface area contributed by atoms with Crippen LogP contribution in [0.2, 0.25) is 0 Å². The molecular formula is C12H17NO3S. The maximum absolute atomic E-state index is 11.6. The lowest BCUT2D eigenvalue weighted by Gasteiger charge is -2.13. The third-order valence-electron chi connectivity index (χ3n) is 2.54. The highest BCUT2D eigenvalue weighted by Gasteiger charge is 2.12. The fourth-order valence-corrected chi connectivity index (χ4v) is 2.20. The second-order valence-corrected chi connectivity index (χ2v) is 4.96. The molecule has 1 atom stereocenters. The molecule has 0 aliphatic heterocycles. The Hall–Kier alpha value is -1.36. The first kappa shape index (κ1) is 13.7. The minimum atomic E-state index is -0.815. The van der Waals surface area contributed by atoms with Crippen molar-refractivity contribution in [1.82, 2.24) is 5.32 Å². The molecule has 0 radical (unpaired) electrons. The molecule has 17 heavy (non-hydrogen) atoms. The van der Waals surface area contributed by atoms with E-state index in [0.29, 0.717) is 13.0 Å². The molecule has 0 fully saturated rings. The van der Waals surface area contributed by atoms with Crippen LogP contribution >= 0.6 is 11.3 Å². The first-order valence-corrected chi connectivity index (χ1v) is 6.50. The third kappa shape index (κ3) is 5.49. The maximum atomic E-state index is 11.6. The van der Waals surface area contributed by atoms with Gasteiger partial charge in [-0.05, 0) is 17.4 Å². The number of hydrogen-bond donors (Lipinski definition) is 2. The number of carboxylic acid groups (broad SMARTS) is 1. The summed E-state index contributed by atoms with van der Waals surface area (Å²) in [5, 5.41) is 13.4. The van der Waals surface area contributed by atoms with Gasteiger partial charge in [0, 0.05) is 17.8 Å². The number of aliphatic carboxylic acids is 1. The summed E-state index contributed by atoms with van der Waals surface area (Å²) in [6.45, 7) is 2.37. The van der Waals surface area contributed by atoms with Gasteiger partial charge in [0.1, 0.15) is 0 Å². The Morgan fingerprint density at radius 2 is 2.29 bits per heavy atom. The monoisotopic (exact) mass is 255 g/mol. The zero-order valence-corrected chi connectivity index (χ0v) is 10.6. The van der Waals surface area contributed by atoms with Gasteiger partial charge in [0.15, 0.2) is 0 Å². The first-order valence-electron chi connectivity index (χ1n) is 5.62. The van der Waals surface area contributed by atoms with E-state index in [4.69, 9.17) is 5.11 Å². The van der Waals surface area contributed by atoms with Gasteiger partial charge in [-0.1, -0.05) is 19.4 Å². The van der Waals surface area contributed by atoms with Crippen molar-refractivity contribution in [2.24, 2.45) is 5.92 Å². The van der Waals surface area contributed by atoms with E-state index >= 15 is 0 Å². The van der Waals surface area contributed by atoms with Crippen molar-refractivity contribution in [2.45, 2.75) is 26.2 Å². The van der Waals surface area contributed by atoms with Gasteiger partial charge < -0.3 is 10.4 Å². The SMILES string of the molecule is CCC(CNC(=O)Cc1cccs1)CC(=O)O. The van der Waals surface area contributed by atoms with Crippen molar-refractivity contribution in [3.63, 3.8) is 0 Å². The highest BCUT2D eigenvalue weighted by Crippen LogP contribution is 2.10. The Morgan fingerprint density at radius 1 is 1.53 bits per heavy atom. The van der Waals surface area contributed by atoms with Gasteiger partial charge in [-0.25, -0.2) is 0 Å². The summed E-state index contributed by atoms with van der Waals surface area (Å²) in [6, 6.07) is 3.82. The van der Waals surface area contributed by atoms with Gasteiger partial charge in [0.25, 0.3) is 0 Å². The lowest BCUT2D eigenvalue weighted by molar-refractivity contribution is -0.138. The molecule has 1 aromatic heterocycles. The fraction of sp³-hybridized carbons (Fsp3) is 0.500. The van der Waals surface area contributed by atoms with Crippen LogP contribution in [0, 0.1) is 5.92 Å². The van der Waals surface area contributed by atoms with Crippen LogP contribution in [-0.2, 0) is 16.0 Å². The second-order valence-electron chi connectivity index (χ2n) is 3.93. The van der Waals surface area contributed by atoms with Gasteiger partial charge in [-0.15, -0.1) is 11.3 Å². The Kier molecular flexibility index (Phi) is 5.69. The molecule has 0 spiro atoms. The molecular weight excluding hydrogens is 238 g/mol. The fourth-order valence-electron chi connectivity index (χ4n) is 1.50. The van der Waals surface area contributed by atoms with Crippen molar-refractivity contribution in [3.8, 4) is 0 Å². The lowest BCUT2D eigenvalue weighted by Crippen LogP contribution is -2.31. The van der Waals surface area contributed by atoms with Crippen LogP contribution < -0.4 is 5.32 Å². The molecule has 4 nitrogen and oxygen atoms in total. The van der Waals surface area contributed by atoms with E-state index < -0.39 is 5.97 Å². The Morgan fingerprint density at radius 3 is 2.82 bits per heavy atom. The summed E-state index contributed by atoms with van der Waals surface area (Å²) in [4.78, 5) is 23.1. The number of carboxylic acids is 1. The molecule has 0 aromatic carbocycles. The van der Waals surface area contributed by atoms with Crippen LogP contribution in [0.5, 0.6) is 0 Å². The van der Waals surface area contributed by atoms with E-state index in [1.165, 1.54) is 0 Å². The molecule has 5 heteroatoms. The predicted molar refractivity (Wildman–Crippen MR) is 67.1 cm³/mol. The number of carbonyl (C=O) groups excluding carboxylic acids is 1. The van der Waals surface area contributed by atoms with Crippen LogP contribution in [-0.4, -0.2) is 23.5 Å². The van der Waals surface area contributed by atoms with Crippen LogP contribution in [0.1, 0.15) is 24.6 Å². The van der Waals surface area contributed by atoms with Gasteiger partial charge in [0.05, 0.1) is 6.42 Å². The number of nitrogens with one attached hydrogen (secondary N) is 1. The molecule has 0 aliphatic carbocycles. The van der Waals surface area contributed by atoms with Crippen LogP contribution in [0.15, 0.2) is 17.5 Å². The van der Waals surface area contributed by atoms with E-state index in [1.807, 2.05) is 24.4 Å². The van der Waals surface area contributed by atoms with E-state index in [9.17, 15) is 9.59 Å². The summed E-state index contributed by atoms with van der Waals surface area (Å²) < 4.78 is 0. The first-order chi connectivity index (χ1) is 8.11. The standard InChI is InChI=1S/C12H17NO3S/c1-2-9(6-12(15)16)8-13-11(14)7-10-4-3-5-17-10/h3-5,9H,2,6-8H2,1H3,(H,13,14)(H,15,16). The van der Waals surface area contributed by atoms with Gasteiger partial charge in [-0.3, -0.25) is 9.59 Å². The Balaban J connectivity index is 2.29. The van der Waals surface area contributed by atoms with Gasteiger partial charge in [-0.2, -0.15) is 0 Å². The minimum absolute atomic E-state index is 0.0137. The smallest absolute Gasteiger partial charge is 0.303 e. The molecule has 0 bridgehead atoms. The number of amides is 1. The minimum Gasteiger partial charge on any atom is -0.481 e. The van der Waals surface area contributed by atoms with Gasteiger partial charge >= 0.3 is 5.97 Å². The molecule has 0 aliphatic rings. The third-order valence-corrected chi connectivity index (χ3v) is 3.42. The number of carbonyl (C=O) groups is 2. The quantitative estimate of drug-likeness (QED) is 0.782. The molecule has 1 heterocycles. The molecule has 1 aromatic rings. The average molecular weight is 255 g/mol. The zero-order chi connectivity index (χ0) is 12.7. The lowest BCUT2D eigenvalue weighted by atomic mass is 10.0. The Labute approximate surface area is 105 Å². The topological polar surface area (TPSA) is 66.4 Å². The highest BCUT2D eigenvalue weighted by atomic mass is 32.1. The predicted octanol–water partition coefficient (Wildman–Crippen LogP) is 1.91. The summed E-state index contributed by atoms with van der Waals surface area (Å²) in [5.41, 5.74) is 0. The molecule has 2 N–H and O–H groups in total. The zero-order valence-electron chi connectivity index (χ0n) is 9.81.